The number of carbonyl (C=O) groups excluding carboxylic acids is 1. The Labute approximate surface area is 145 Å². The highest BCUT2D eigenvalue weighted by Gasteiger charge is 2.14. The number of nitrogens with one attached hydrogen (secondary N) is 2. The van der Waals surface area contributed by atoms with Crippen molar-refractivity contribution in [2.75, 3.05) is 0 Å². The number of aromatic nitrogens is 1. The quantitative estimate of drug-likeness (QED) is 0.555. The van der Waals surface area contributed by atoms with E-state index in [1.807, 2.05) is 61.7 Å². The van der Waals surface area contributed by atoms with Crippen molar-refractivity contribution in [1.29, 1.82) is 0 Å². The van der Waals surface area contributed by atoms with Crippen molar-refractivity contribution >= 4 is 27.8 Å². The predicted molar refractivity (Wildman–Crippen MR) is 99.4 cm³/mol. The van der Waals surface area contributed by atoms with E-state index in [1.54, 1.807) is 0 Å². The molecule has 0 aliphatic heterocycles. The molecule has 0 saturated carbocycles. The molecule has 4 aromatic rings. The van der Waals surface area contributed by atoms with Gasteiger partial charge in [-0.2, -0.15) is 0 Å². The van der Waals surface area contributed by atoms with Crippen molar-refractivity contribution in [3.8, 4) is 0 Å². The lowest BCUT2D eigenvalue weighted by molar-refractivity contribution is -0.121. The van der Waals surface area contributed by atoms with Crippen LogP contribution in [-0.4, -0.2) is 10.9 Å². The molecule has 2 heterocycles. The Balaban J connectivity index is 1.39. The topological polar surface area (TPSA) is 58.0 Å². The number of hydrogen-bond acceptors (Lipinski definition) is 2. The third-order valence-electron chi connectivity index (χ3n) is 4.55. The van der Waals surface area contributed by atoms with Gasteiger partial charge >= 0.3 is 0 Å². The number of aryl methyl sites for hydroxylation is 1. The summed E-state index contributed by atoms with van der Waals surface area (Å²) >= 11 is 0. The normalized spacial score (nSPS) is 12.5. The zero-order valence-corrected chi connectivity index (χ0v) is 14.1. The molecule has 4 heteroatoms. The largest absolute Gasteiger partial charge is 0.459 e. The first kappa shape index (κ1) is 15.5. The van der Waals surface area contributed by atoms with Crippen molar-refractivity contribution in [3.63, 3.8) is 0 Å². The van der Waals surface area contributed by atoms with E-state index in [2.05, 4.69) is 16.4 Å². The molecule has 0 radical (unpaired) electrons. The minimum Gasteiger partial charge on any atom is -0.459 e. The number of furan rings is 1. The highest BCUT2D eigenvalue weighted by atomic mass is 16.3. The SMILES string of the molecule is C[C@@H](NC(=O)CCc1c[nH]c2ccccc12)c1cc2ccccc2o1. The van der Waals surface area contributed by atoms with Gasteiger partial charge in [-0.15, -0.1) is 0 Å². The summed E-state index contributed by atoms with van der Waals surface area (Å²) in [6, 6.07) is 17.8. The molecule has 0 fully saturated rings. The van der Waals surface area contributed by atoms with Gasteiger partial charge < -0.3 is 14.7 Å². The number of amides is 1. The molecule has 0 aliphatic carbocycles. The Hall–Kier alpha value is -3.01. The number of fused-ring (bicyclic) bond motifs is 2. The van der Waals surface area contributed by atoms with Crippen LogP contribution in [0.2, 0.25) is 0 Å². The predicted octanol–water partition coefficient (Wildman–Crippen LogP) is 4.72. The van der Waals surface area contributed by atoms with Crippen LogP contribution in [0, 0.1) is 0 Å². The van der Waals surface area contributed by atoms with Crippen LogP contribution in [0.4, 0.5) is 0 Å². The molecular weight excluding hydrogens is 312 g/mol. The first-order valence-electron chi connectivity index (χ1n) is 8.53. The van der Waals surface area contributed by atoms with Gasteiger partial charge in [-0.3, -0.25) is 4.79 Å². The van der Waals surface area contributed by atoms with Crippen LogP contribution in [0.15, 0.2) is 65.2 Å². The average Bonchev–Trinajstić information content (AvgIpc) is 3.24. The Kier molecular flexibility index (Phi) is 4.02. The van der Waals surface area contributed by atoms with Gasteiger partial charge in [0.05, 0.1) is 6.04 Å². The second-order valence-corrected chi connectivity index (χ2v) is 6.34. The van der Waals surface area contributed by atoms with Crippen LogP contribution < -0.4 is 5.32 Å². The fourth-order valence-electron chi connectivity index (χ4n) is 3.19. The van der Waals surface area contributed by atoms with Crippen LogP contribution in [0.3, 0.4) is 0 Å². The molecule has 1 atom stereocenters. The van der Waals surface area contributed by atoms with Crippen LogP contribution in [0.5, 0.6) is 0 Å². The summed E-state index contributed by atoms with van der Waals surface area (Å²) in [7, 11) is 0. The van der Waals surface area contributed by atoms with Gasteiger partial charge in [0.25, 0.3) is 0 Å². The van der Waals surface area contributed by atoms with E-state index >= 15 is 0 Å². The summed E-state index contributed by atoms with van der Waals surface area (Å²) < 4.78 is 5.82. The van der Waals surface area contributed by atoms with Gasteiger partial charge in [-0.25, -0.2) is 0 Å². The zero-order valence-electron chi connectivity index (χ0n) is 14.1. The first-order chi connectivity index (χ1) is 12.2. The molecule has 0 saturated heterocycles. The number of rotatable bonds is 5. The van der Waals surface area contributed by atoms with Gasteiger partial charge in [0, 0.05) is 28.9 Å². The Morgan fingerprint density at radius 1 is 1.16 bits per heavy atom. The Morgan fingerprint density at radius 3 is 2.84 bits per heavy atom. The summed E-state index contributed by atoms with van der Waals surface area (Å²) in [6.07, 6.45) is 3.15. The maximum absolute atomic E-state index is 12.3. The molecule has 4 rings (SSSR count). The Morgan fingerprint density at radius 2 is 1.96 bits per heavy atom. The minimum absolute atomic E-state index is 0.0261. The lowest BCUT2D eigenvalue weighted by atomic mass is 10.1. The second-order valence-electron chi connectivity index (χ2n) is 6.34. The van der Waals surface area contributed by atoms with E-state index in [1.165, 1.54) is 10.9 Å². The van der Waals surface area contributed by atoms with Gasteiger partial charge in [0.2, 0.25) is 5.91 Å². The lowest BCUT2D eigenvalue weighted by Crippen LogP contribution is -2.26. The van der Waals surface area contributed by atoms with Gasteiger partial charge in [-0.05, 0) is 37.1 Å². The molecule has 126 valence electrons. The van der Waals surface area contributed by atoms with Crippen LogP contribution in [-0.2, 0) is 11.2 Å². The van der Waals surface area contributed by atoms with E-state index in [0.717, 1.165) is 22.2 Å². The molecule has 0 unspecified atom stereocenters. The van der Waals surface area contributed by atoms with E-state index in [9.17, 15) is 4.79 Å². The molecule has 0 spiro atoms. The molecule has 4 nitrogen and oxygen atoms in total. The standard InChI is InChI=1S/C21H20N2O2/c1-14(20-12-15-6-2-5-9-19(15)25-20)23-21(24)11-10-16-13-22-18-8-4-3-7-17(16)18/h2-9,12-14,22H,10-11H2,1H3,(H,23,24)/t14-/m1/s1. The number of carbonyl (C=O) groups is 1. The molecule has 2 aromatic carbocycles. The molecule has 0 aliphatic rings. The molecule has 25 heavy (non-hydrogen) atoms. The van der Waals surface area contributed by atoms with Crippen molar-refractivity contribution in [1.82, 2.24) is 10.3 Å². The number of aromatic amines is 1. The van der Waals surface area contributed by atoms with Crippen LogP contribution in [0.1, 0.15) is 30.7 Å². The highest BCUT2D eigenvalue weighted by molar-refractivity contribution is 5.84. The maximum Gasteiger partial charge on any atom is 0.220 e. The summed E-state index contributed by atoms with van der Waals surface area (Å²) in [4.78, 5) is 15.6. The number of H-pyrrole nitrogens is 1. The molecular formula is C21H20N2O2. The zero-order chi connectivity index (χ0) is 17.2. The van der Waals surface area contributed by atoms with E-state index in [0.29, 0.717) is 12.8 Å². The van der Waals surface area contributed by atoms with Crippen LogP contribution in [0.25, 0.3) is 21.9 Å². The van der Waals surface area contributed by atoms with Crippen LogP contribution >= 0.6 is 0 Å². The van der Waals surface area contributed by atoms with Crippen molar-refractivity contribution in [2.45, 2.75) is 25.8 Å². The maximum atomic E-state index is 12.3. The third kappa shape index (κ3) is 3.15. The second kappa shape index (κ2) is 6.48. The summed E-state index contributed by atoms with van der Waals surface area (Å²) in [5.41, 5.74) is 3.12. The summed E-state index contributed by atoms with van der Waals surface area (Å²) in [6.45, 7) is 1.95. The first-order valence-corrected chi connectivity index (χ1v) is 8.53. The molecule has 2 N–H and O–H groups in total. The van der Waals surface area contributed by atoms with E-state index < -0.39 is 0 Å². The molecule has 1 amide bonds. The molecule has 0 bridgehead atoms. The monoisotopic (exact) mass is 332 g/mol. The van der Waals surface area contributed by atoms with E-state index in [-0.39, 0.29) is 11.9 Å². The van der Waals surface area contributed by atoms with Crippen molar-refractivity contribution in [2.24, 2.45) is 0 Å². The third-order valence-corrected chi connectivity index (χ3v) is 4.55. The smallest absolute Gasteiger partial charge is 0.220 e. The van der Waals surface area contributed by atoms with Gasteiger partial charge in [-0.1, -0.05) is 36.4 Å². The molecule has 2 aromatic heterocycles. The van der Waals surface area contributed by atoms with Gasteiger partial charge in [0.15, 0.2) is 0 Å². The number of para-hydroxylation sites is 2. The van der Waals surface area contributed by atoms with E-state index in [4.69, 9.17) is 4.42 Å². The fourth-order valence-corrected chi connectivity index (χ4v) is 3.19. The van der Waals surface area contributed by atoms with Crippen molar-refractivity contribution in [3.05, 3.63) is 72.1 Å². The average molecular weight is 332 g/mol. The lowest BCUT2D eigenvalue weighted by Gasteiger charge is -2.11. The summed E-state index contributed by atoms with van der Waals surface area (Å²) in [5, 5.41) is 5.26. The van der Waals surface area contributed by atoms with Crippen molar-refractivity contribution < 1.29 is 9.21 Å². The number of benzene rings is 2. The summed E-state index contributed by atoms with van der Waals surface area (Å²) in [5.74, 6) is 0.805. The highest BCUT2D eigenvalue weighted by Crippen LogP contribution is 2.24. The fraction of sp³-hybridized carbons (Fsp3) is 0.190. The Bertz CT molecular complexity index is 995. The minimum atomic E-state index is -0.150. The van der Waals surface area contributed by atoms with Gasteiger partial charge in [0.1, 0.15) is 11.3 Å². The number of hydrogen-bond donors (Lipinski definition) is 2.